The normalized spacial score (nSPS) is 19.3. The van der Waals surface area contributed by atoms with Crippen LogP contribution in [0.25, 0.3) is 0 Å². The van der Waals surface area contributed by atoms with E-state index in [1.807, 2.05) is 31.2 Å². The molecular weight excluding hydrogens is 268 g/mol. The predicted molar refractivity (Wildman–Crippen MR) is 88.5 cm³/mol. The van der Waals surface area contributed by atoms with Crippen molar-refractivity contribution in [3.05, 3.63) is 24.3 Å². The van der Waals surface area contributed by atoms with Crippen molar-refractivity contribution in [1.82, 2.24) is 4.90 Å². The van der Waals surface area contributed by atoms with Gasteiger partial charge in [-0.2, -0.15) is 0 Å². The van der Waals surface area contributed by atoms with Crippen molar-refractivity contribution in [1.29, 1.82) is 0 Å². The number of benzene rings is 1. The van der Waals surface area contributed by atoms with Crippen LogP contribution in [0.1, 0.15) is 39.5 Å². The van der Waals surface area contributed by atoms with E-state index in [-0.39, 0.29) is 0 Å². The van der Waals surface area contributed by atoms with E-state index in [0.29, 0.717) is 12.6 Å². The maximum absolute atomic E-state index is 5.64. The highest BCUT2D eigenvalue weighted by molar-refractivity contribution is 7.80. The summed E-state index contributed by atoms with van der Waals surface area (Å²) in [4.78, 5) is 2.31. The smallest absolute Gasteiger partial charge is 0.173 e. The lowest BCUT2D eigenvalue weighted by molar-refractivity contribution is 0.337. The fraction of sp³-hybridized carbons (Fsp3) is 0.562. The molecule has 1 atom stereocenters. The van der Waals surface area contributed by atoms with E-state index in [9.17, 15) is 0 Å². The predicted octanol–water partition coefficient (Wildman–Crippen LogP) is 4.05. The molecule has 0 saturated carbocycles. The highest BCUT2D eigenvalue weighted by Gasteiger charge is 2.19. The molecule has 4 heteroatoms. The van der Waals surface area contributed by atoms with Gasteiger partial charge in [-0.05, 0) is 51.0 Å². The van der Waals surface area contributed by atoms with Gasteiger partial charge in [0.15, 0.2) is 5.11 Å². The van der Waals surface area contributed by atoms with Crippen LogP contribution in [0.2, 0.25) is 0 Å². The number of thiocarbonyl (C=S) groups is 1. The molecule has 1 aliphatic heterocycles. The Morgan fingerprint density at radius 1 is 1.35 bits per heavy atom. The second-order valence-corrected chi connectivity index (χ2v) is 5.64. The first-order valence-corrected chi connectivity index (χ1v) is 7.92. The van der Waals surface area contributed by atoms with Crippen molar-refractivity contribution in [3.63, 3.8) is 0 Å². The molecule has 1 saturated heterocycles. The maximum atomic E-state index is 5.64. The zero-order chi connectivity index (χ0) is 14.4. The first-order chi connectivity index (χ1) is 9.72. The van der Waals surface area contributed by atoms with Gasteiger partial charge in [0, 0.05) is 12.6 Å². The van der Waals surface area contributed by atoms with E-state index < -0.39 is 0 Å². The molecular formula is C16H24N2OS. The van der Waals surface area contributed by atoms with Crippen LogP contribution in [0, 0.1) is 0 Å². The van der Waals surface area contributed by atoms with E-state index in [1.54, 1.807) is 0 Å². The average Bonchev–Trinajstić information content (AvgIpc) is 2.66. The number of nitrogens with one attached hydrogen (secondary N) is 1. The quantitative estimate of drug-likeness (QED) is 0.850. The molecule has 1 aromatic carbocycles. The molecule has 0 amide bonds. The van der Waals surface area contributed by atoms with Gasteiger partial charge in [0.1, 0.15) is 5.75 Å². The minimum absolute atomic E-state index is 0.511. The van der Waals surface area contributed by atoms with Crippen molar-refractivity contribution < 1.29 is 4.74 Å². The van der Waals surface area contributed by atoms with Crippen LogP contribution in [0.3, 0.4) is 0 Å². The minimum Gasteiger partial charge on any atom is -0.492 e. The molecule has 2 rings (SSSR count). The summed E-state index contributed by atoms with van der Waals surface area (Å²) in [6, 6.07) is 8.48. The van der Waals surface area contributed by atoms with Crippen LogP contribution in [0.15, 0.2) is 24.3 Å². The molecule has 0 aromatic heterocycles. The Hall–Kier alpha value is -1.29. The number of ether oxygens (including phenoxy) is 1. The fourth-order valence-electron chi connectivity index (χ4n) is 2.61. The number of rotatable bonds is 3. The third-order valence-corrected chi connectivity index (χ3v) is 4.08. The van der Waals surface area contributed by atoms with Gasteiger partial charge < -0.3 is 15.0 Å². The van der Waals surface area contributed by atoms with Gasteiger partial charge in [0.2, 0.25) is 0 Å². The summed E-state index contributed by atoms with van der Waals surface area (Å²) in [5.41, 5.74) is 0.954. The molecule has 1 aliphatic rings. The third kappa shape index (κ3) is 3.85. The van der Waals surface area contributed by atoms with Gasteiger partial charge in [-0.25, -0.2) is 0 Å². The van der Waals surface area contributed by atoms with Crippen LogP contribution in [-0.4, -0.2) is 29.2 Å². The standard InChI is InChI=1S/C16H24N2OS/c1-3-19-15-11-7-6-10-14(15)17-16(20)18-12-8-4-5-9-13(18)2/h6-7,10-11,13H,3-5,8-9,12H2,1-2H3,(H,17,20). The monoisotopic (exact) mass is 292 g/mol. The van der Waals surface area contributed by atoms with Crippen molar-refractivity contribution in [2.75, 3.05) is 18.5 Å². The van der Waals surface area contributed by atoms with E-state index >= 15 is 0 Å². The number of nitrogens with zero attached hydrogens (tertiary/aromatic N) is 1. The van der Waals surface area contributed by atoms with Crippen molar-refractivity contribution in [3.8, 4) is 5.75 Å². The van der Waals surface area contributed by atoms with Crippen LogP contribution in [0.4, 0.5) is 5.69 Å². The summed E-state index contributed by atoms with van der Waals surface area (Å²) in [6.07, 6.45) is 5.04. The largest absolute Gasteiger partial charge is 0.492 e. The molecule has 0 aliphatic carbocycles. The Morgan fingerprint density at radius 2 is 2.15 bits per heavy atom. The van der Waals surface area contributed by atoms with E-state index in [4.69, 9.17) is 17.0 Å². The summed E-state index contributed by atoms with van der Waals surface area (Å²) in [5, 5.41) is 4.17. The molecule has 110 valence electrons. The Labute approximate surface area is 127 Å². The highest BCUT2D eigenvalue weighted by atomic mass is 32.1. The Bertz CT molecular complexity index is 450. The molecule has 0 radical (unpaired) electrons. The molecule has 0 bridgehead atoms. The molecule has 1 unspecified atom stereocenters. The molecule has 1 N–H and O–H groups in total. The Balaban J connectivity index is 2.06. The van der Waals surface area contributed by atoms with Crippen LogP contribution in [-0.2, 0) is 0 Å². The number of hydrogen-bond donors (Lipinski definition) is 1. The second-order valence-electron chi connectivity index (χ2n) is 5.25. The maximum Gasteiger partial charge on any atom is 0.173 e. The first-order valence-electron chi connectivity index (χ1n) is 7.52. The van der Waals surface area contributed by atoms with Crippen molar-refractivity contribution >= 4 is 23.0 Å². The summed E-state index contributed by atoms with van der Waals surface area (Å²) < 4.78 is 5.64. The lowest BCUT2D eigenvalue weighted by Crippen LogP contribution is -2.41. The average molecular weight is 292 g/mol. The topological polar surface area (TPSA) is 24.5 Å². The molecule has 1 heterocycles. The van der Waals surface area contributed by atoms with Crippen molar-refractivity contribution in [2.24, 2.45) is 0 Å². The molecule has 20 heavy (non-hydrogen) atoms. The van der Waals surface area contributed by atoms with Gasteiger partial charge >= 0.3 is 0 Å². The SMILES string of the molecule is CCOc1ccccc1NC(=S)N1CCCCCC1C. The number of para-hydroxylation sites is 2. The summed E-state index contributed by atoms with van der Waals surface area (Å²) in [6.45, 7) is 5.95. The van der Waals surface area contributed by atoms with Crippen LogP contribution in [0.5, 0.6) is 5.75 Å². The van der Waals surface area contributed by atoms with Crippen LogP contribution >= 0.6 is 12.2 Å². The van der Waals surface area contributed by atoms with E-state index in [1.165, 1.54) is 25.7 Å². The summed E-state index contributed by atoms with van der Waals surface area (Å²) >= 11 is 5.60. The van der Waals surface area contributed by atoms with E-state index in [2.05, 4.69) is 17.1 Å². The third-order valence-electron chi connectivity index (χ3n) is 3.74. The zero-order valence-electron chi connectivity index (χ0n) is 12.4. The van der Waals surface area contributed by atoms with Gasteiger partial charge in [0.25, 0.3) is 0 Å². The van der Waals surface area contributed by atoms with Crippen molar-refractivity contribution in [2.45, 2.75) is 45.6 Å². The van der Waals surface area contributed by atoms with E-state index in [0.717, 1.165) is 23.1 Å². The minimum atomic E-state index is 0.511. The zero-order valence-corrected chi connectivity index (χ0v) is 13.2. The van der Waals surface area contributed by atoms with Gasteiger partial charge in [-0.3, -0.25) is 0 Å². The molecule has 3 nitrogen and oxygen atoms in total. The van der Waals surface area contributed by atoms with Gasteiger partial charge in [-0.1, -0.05) is 25.0 Å². The summed E-state index contributed by atoms with van der Waals surface area (Å²) in [5.74, 6) is 0.861. The second kappa shape index (κ2) is 7.48. The van der Waals surface area contributed by atoms with Gasteiger partial charge in [0.05, 0.1) is 12.3 Å². The number of anilines is 1. The highest BCUT2D eigenvalue weighted by Crippen LogP contribution is 2.25. The van der Waals surface area contributed by atoms with Gasteiger partial charge in [-0.15, -0.1) is 0 Å². The first kappa shape index (κ1) is 15.1. The fourth-order valence-corrected chi connectivity index (χ4v) is 3.00. The molecule has 1 aromatic rings. The summed E-state index contributed by atoms with van der Waals surface area (Å²) in [7, 11) is 0. The lowest BCUT2D eigenvalue weighted by atomic mass is 10.1. The number of hydrogen-bond acceptors (Lipinski definition) is 2. The molecule has 1 fully saturated rings. The van der Waals surface area contributed by atoms with Crippen LogP contribution < -0.4 is 10.1 Å². The lowest BCUT2D eigenvalue weighted by Gasteiger charge is -2.30. The Kier molecular flexibility index (Phi) is 5.65. The Morgan fingerprint density at radius 3 is 2.95 bits per heavy atom. The number of likely N-dealkylation sites (tertiary alicyclic amines) is 1. The molecule has 0 spiro atoms.